The summed E-state index contributed by atoms with van der Waals surface area (Å²) >= 11 is 9.40. The molecule has 2 rings (SSSR count). The summed E-state index contributed by atoms with van der Waals surface area (Å²) in [5.74, 6) is -0.108. The second kappa shape index (κ2) is 5.35. The Morgan fingerprint density at radius 3 is 2.63 bits per heavy atom. The number of nitrogens with zero attached hydrogens (tertiary/aromatic N) is 1. The summed E-state index contributed by atoms with van der Waals surface area (Å²) in [7, 11) is 0. The minimum Gasteiger partial charge on any atom is -0.493 e. The van der Waals surface area contributed by atoms with Gasteiger partial charge >= 0.3 is 0 Å². The molecule has 0 aliphatic carbocycles. The number of rotatable bonds is 2. The number of halogens is 2. The zero-order valence-electron chi connectivity index (χ0n) is 10.4. The van der Waals surface area contributed by atoms with Gasteiger partial charge in [0.15, 0.2) is 0 Å². The fourth-order valence-electron chi connectivity index (χ4n) is 1.80. The van der Waals surface area contributed by atoms with Crippen molar-refractivity contribution in [3.05, 3.63) is 43.6 Å². The molecule has 1 aromatic carbocycles. The highest BCUT2D eigenvalue weighted by Crippen LogP contribution is 2.29. The first-order valence-corrected chi connectivity index (χ1v) is 6.86. The van der Waals surface area contributed by atoms with Crippen LogP contribution in [0, 0.1) is 0 Å². The molecule has 2 N–H and O–H groups in total. The summed E-state index contributed by atoms with van der Waals surface area (Å²) in [6, 6.07) is 5.21. The molecule has 2 aromatic rings. The van der Waals surface area contributed by atoms with Crippen LogP contribution in [0.25, 0.3) is 11.4 Å². The Morgan fingerprint density at radius 2 is 2.11 bits per heavy atom. The first-order valence-electron chi connectivity index (χ1n) is 5.68. The third kappa shape index (κ3) is 2.82. The van der Waals surface area contributed by atoms with Gasteiger partial charge in [-0.15, -0.1) is 0 Å². The lowest BCUT2D eigenvalue weighted by Crippen LogP contribution is -2.16. The molecular formula is C13H12BrClN2O2. The van der Waals surface area contributed by atoms with Crippen LogP contribution in [-0.2, 0) is 0 Å². The zero-order chi connectivity index (χ0) is 14.2. The van der Waals surface area contributed by atoms with Gasteiger partial charge in [0.05, 0.1) is 10.6 Å². The zero-order valence-corrected chi connectivity index (χ0v) is 12.7. The molecule has 0 radical (unpaired) electrons. The molecule has 0 saturated heterocycles. The van der Waals surface area contributed by atoms with E-state index in [4.69, 9.17) is 11.6 Å². The van der Waals surface area contributed by atoms with Gasteiger partial charge in [-0.25, -0.2) is 0 Å². The summed E-state index contributed by atoms with van der Waals surface area (Å²) in [6.45, 7) is 3.64. The second-order valence-electron chi connectivity index (χ2n) is 4.43. The molecule has 0 fully saturated rings. The molecular weight excluding hydrogens is 332 g/mol. The molecule has 0 saturated carbocycles. The standard InChI is InChI=1S/C13H12BrClN2O2/c1-6(2)10-12(18)16-11(17-13(10)19)8-4-3-7(14)5-9(8)15/h3-6H,1-2H3,(H2,16,17,18,19). The summed E-state index contributed by atoms with van der Waals surface area (Å²) in [5.41, 5.74) is 0.487. The lowest BCUT2D eigenvalue weighted by Gasteiger charge is -2.09. The van der Waals surface area contributed by atoms with Gasteiger partial charge < -0.3 is 10.1 Å². The molecule has 0 atom stereocenters. The summed E-state index contributed by atoms with van der Waals surface area (Å²) in [6.07, 6.45) is 0. The second-order valence-corrected chi connectivity index (χ2v) is 5.75. The maximum absolute atomic E-state index is 11.9. The number of nitrogens with one attached hydrogen (secondary N) is 1. The van der Waals surface area contributed by atoms with Crippen molar-refractivity contribution >= 4 is 27.5 Å². The molecule has 0 spiro atoms. The molecule has 19 heavy (non-hydrogen) atoms. The maximum atomic E-state index is 11.9. The third-order valence-corrected chi connectivity index (χ3v) is 3.50. The Morgan fingerprint density at radius 1 is 1.42 bits per heavy atom. The molecule has 0 aliphatic rings. The van der Waals surface area contributed by atoms with Crippen LogP contribution in [0.2, 0.25) is 5.02 Å². The van der Waals surface area contributed by atoms with E-state index in [0.29, 0.717) is 10.6 Å². The molecule has 0 unspecified atom stereocenters. The summed E-state index contributed by atoms with van der Waals surface area (Å²) in [4.78, 5) is 18.6. The van der Waals surface area contributed by atoms with Crippen LogP contribution in [0.4, 0.5) is 0 Å². The highest BCUT2D eigenvalue weighted by atomic mass is 79.9. The normalized spacial score (nSPS) is 11.0. The van der Waals surface area contributed by atoms with Gasteiger partial charge in [0.2, 0.25) is 5.88 Å². The van der Waals surface area contributed by atoms with Gasteiger partial charge in [-0.1, -0.05) is 41.4 Å². The minimum absolute atomic E-state index is 0.106. The van der Waals surface area contributed by atoms with E-state index in [-0.39, 0.29) is 28.7 Å². The minimum atomic E-state index is -0.350. The molecule has 100 valence electrons. The fourth-order valence-corrected chi connectivity index (χ4v) is 2.56. The van der Waals surface area contributed by atoms with Crippen molar-refractivity contribution in [2.75, 3.05) is 0 Å². The van der Waals surface area contributed by atoms with E-state index in [0.717, 1.165) is 4.47 Å². The highest BCUT2D eigenvalue weighted by molar-refractivity contribution is 9.10. The van der Waals surface area contributed by atoms with E-state index in [2.05, 4.69) is 25.9 Å². The predicted octanol–water partition coefficient (Wildman–Crippen LogP) is 3.68. The Bertz CT molecular complexity index is 683. The quantitative estimate of drug-likeness (QED) is 0.874. The number of aromatic hydroxyl groups is 1. The van der Waals surface area contributed by atoms with E-state index in [1.807, 2.05) is 13.8 Å². The van der Waals surface area contributed by atoms with Gasteiger partial charge in [-0.05, 0) is 24.1 Å². The van der Waals surface area contributed by atoms with E-state index in [1.165, 1.54) is 0 Å². The number of aromatic amines is 1. The van der Waals surface area contributed by atoms with Crippen molar-refractivity contribution in [1.82, 2.24) is 9.97 Å². The molecule has 0 amide bonds. The number of aromatic nitrogens is 2. The van der Waals surface area contributed by atoms with Gasteiger partial charge in [0.1, 0.15) is 5.82 Å². The van der Waals surface area contributed by atoms with E-state index in [9.17, 15) is 9.90 Å². The van der Waals surface area contributed by atoms with Gasteiger partial charge in [0.25, 0.3) is 5.56 Å². The van der Waals surface area contributed by atoms with Crippen LogP contribution in [0.1, 0.15) is 25.3 Å². The number of hydrogen-bond donors (Lipinski definition) is 2. The predicted molar refractivity (Wildman–Crippen MR) is 78.8 cm³/mol. The lowest BCUT2D eigenvalue weighted by molar-refractivity contribution is 0.440. The highest BCUT2D eigenvalue weighted by Gasteiger charge is 2.16. The molecule has 6 heteroatoms. The van der Waals surface area contributed by atoms with Crippen molar-refractivity contribution in [3.8, 4) is 17.3 Å². The van der Waals surface area contributed by atoms with Crippen molar-refractivity contribution in [2.24, 2.45) is 0 Å². The lowest BCUT2D eigenvalue weighted by atomic mass is 10.1. The molecule has 1 aromatic heterocycles. The van der Waals surface area contributed by atoms with Gasteiger partial charge in [-0.2, -0.15) is 4.98 Å². The Kier molecular flexibility index (Phi) is 3.96. The average Bonchev–Trinajstić information content (AvgIpc) is 2.26. The van der Waals surface area contributed by atoms with Crippen molar-refractivity contribution < 1.29 is 5.11 Å². The SMILES string of the molecule is CC(C)c1c(O)nc(-c2ccc(Br)cc2Cl)[nH]c1=O. The van der Waals surface area contributed by atoms with E-state index >= 15 is 0 Å². The molecule has 0 bridgehead atoms. The Labute approximate surface area is 123 Å². The largest absolute Gasteiger partial charge is 0.493 e. The summed E-state index contributed by atoms with van der Waals surface area (Å²) in [5, 5.41) is 10.3. The van der Waals surface area contributed by atoms with Crippen molar-refractivity contribution in [3.63, 3.8) is 0 Å². The topological polar surface area (TPSA) is 66.0 Å². The Hall–Kier alpha value is -1.33. The van der Waals surface area contributed by atoms with Gasteiger partial charge in [-0.3, -0.25) is 4.79 Å². The fraction of sp³-hybridized carbons (Fsp3) is 0.231. The van der Waals surface area contributed by atoms with Crippen LogP contribution in [0.3, 0.4) is 0 Å². The van der Waals surface area contributed by atoms with Crippen molar-refractivity contribution in [1.29, 1.82) is 0 Å². The van der Waals surface area contributed by atoms with Crippen molar-refractivity contribution in [2.45, 2.75) is 19.8 Å². The van der Waals surface area contributed by atoms with E-state index in [1.54, 1.807) is 18.2 Å². The first-order chi connectivity index (χ1) is 8.90. The maximum Gasteiger partial charge on any atom is 0.258 e. The van der Waals surface area contributed by atoms with Gasteiger partial charge in [0, 0.05) is 10.0 Å². The smallest absolute Gasteiger partial charge is 0.258 e. The van der Waals surface area contributed by atoms with Crippen LogP contribution in [0.15, 0.2) is 27.5 Å². The monoisotopic (exact) mass is 342 g/mol. The third-order valence-electron chi connectivity index (χ3n) is 2.70. The molecule has 0 aliphatic heterocycles. The Balaban J connectivity index is 2.62. The molecule has 4 nitrogen and oxygen atoms in total. The van der Waals surface area contributed by atoms with Crippen LogP contribution in [-0.4, -0.2) is 15.1 Å². The summed E-state index contributed by atoms with van der Waals surface area (Å²) < 4.78 is 0.826. The first kappa shape index (κ1) is 14.1. The van der Waals surface area contributed by atoms with E-state index < -0.39 is 0 Å². The number of hydrogen-bond acceptors (Lipinski definition) is 3. The molecule has 1 heterocycles. The average molecular weight is 344 g/mol. The van der Waals surface area contributed by atoms with Crippen LogP contribution >= 0.6 is 27.5 Å². The number of H-pyrrole nitrogens is 1. The van der Waals surface area contributed by atoms with Crippen LogP contribution in [0.5, 0.6) is 5.88 Å². The number of benzene rings is 1. The van der Waals surface area contributed by atoms with Crippen LogP contribution < -0.4 is 5.56 Å².